The van der Waals surface area contributed by atoms with Crippen LogP contribution in [0.1, 0.15) is 43.4 Å². The smallest absolute Gasteiger partial charge is 0.244 e. The Morgan fingerprint density at radius 1 is 1.07 bits per heavy atom. The predicted molar refractivity (Wildman–Crippen MR) is 112 cm³/mol. The van der Waals surface area contributed by atoms with E-state index in [1.807, 2.05) is 36.4 Å². The lowest BCUT2D eigenvalue weighted by molar-refractivity contribution is -0.118. The Morgan fingerprint density at radius 2 is 1.74 bits per heavy atom. The zero-order valence-electron chi connectivity index (χ0n) is 15.2. The third kappa shape index (κ3) is 5.54. The maximum Gasteiger partial charge on any atom is 0.244 e. The molecule has 140 valence electrons. The highest BCUT2D eigenvalue weighted by Crippen LogP contribution is 2.38. The molecule has 1 saturated carbocycles. The fourth-order valence-corrected chi connectivity index (χ4v) is 3.44. The van der Waals surface area contributed by atoms with Gasteiger partial charge in [0.1, 0.15) is 0 Å². The van der Waals surface area contributed by atoms with E-state index in [1.165, 1.54) is 13.3 Å². The molecule has 1 fully saturated rings. The van der Waals surface area contributed by atoms with Crippen molar-refractivity contribution in [1.29, 1.82) is 0 Å². The van der Waals surface area contributed by atoms with Crippen molar-refractivity contribution >= 4 is 39.5 Å². The first-order chi connectivity index (χ1) is 13.0. The molecular formula is C22H23BrN2O2. The third-order valence-corrected chi connectivity index (χ3v) is 5.33. The number of hydrogen-bond donors (Lipinski definition) is 2. The molecule has 2 amide bonds. The van der Waals surface area contributed by atoms with Crippen LogP contribution in [0.3, 0.4) is 0 Å². The number of amides is 2. The zero-order valence-corrected chi connectivity index (χ0v) is 16.8. The highest BCUT2D eigenvalue weighted by Gasteiger charge is 2.29. The van der Waals surface area contributed by atoms with E-state index in [0.29, 0.717) is 5.92 Å². The quantitative estimate of drug-likeness (QED) is 0.632. The van der Waals surface area contributed by atoms with Crippen LogP contribution < -0.4 is 10.6 Å². The molecule has 0 radical (unpaired) electrons. The topological polar surface area (TPSA) is 58.2 Å². The largest absolute Gasteiger partial charge is 0.345 e. The van der Waals surface area contributed by atoms with Crippen LogP contribution in [0.2, 0.25) is 0 Å². The van der Waals surface area contributed by atoms with Gasteiger partial charge in [0, 0.05) is 23.2 Å². The average Bonchev–Trinajstić information content (AvgIpc) is 2.59. The van der Waals surface area contributed by atoms with Crippen LogP contribution in [-0.4, -0.2) is 11.8 Å². The van der Waals surface area contributed by atoms with Gasteiger partial charge in [0.15, 0.2) is 0 Å². The first kappa shape index (κ1) is 19.4. The Balaban J connectivity index is 1.64. The second kappa shape index (κ2) is 9.00. The molecule has 2 aromatic rings. The molecule has 3 rings (SSSR count). The average molecular weight is 427 g/mol. The highest BCUT2D eigenvalue weighted by molar-refractivity contribution is 9.10. The number of carbonyl (C=O) groups excluding carboxylic acids is 2. The molecule has 5 heteroatoms. The van der Waals surface area contributed by atoms with Crippen molar-refractivity contribution < 1.29 is 9.59 Å². The Hall–Kier alpha value is -2.40. The number of rotatable bonds is 6. The van der Waals surface area contributed by atoms with Gasteiger partial charge in [-0.15, -0.1) is 0 Å². The molecule has 0 aromatic heterocycles. The van der Waals surface area contributed by atoms with Crippen LogP contribution in [-0.2, 0) is 9.59 Å². The number of anilines is 1. The van der Waals surface area contributed by atoms with E-state index in [9.17, 15) is 9.59 Å². The van der Waals surface area contributed by atoms with Crippen molar-refractivity contribution in [2.75, 3.05) is 5.32 Å². The van der Waals surface area contributed by atoms with Gasteiger partial charge in [-0.25, -0.2) is 0 Å². The minimum Gasteiger partial charge on any atom is -0.345 e. The lowest BCUT2D eigenvalue weighted by Gasteiger charge is -2.34. The van der Waals surface area contributed by atoms with E-state index in [2.05, 4.69) is 38.7 Å². The minimum absolute atomic E-state index is 0.0474. The molecule has 4 nitrogen and oxygen atoms in total. The first-order valence-electron chi connectivity index (χ1n) is 9.13. The van der Waals surface area contributed by atoms with Crippen molar-refractivity contribution in [3.05, 3.63) is 70.2 Å². The maximum atomic E-state index is 12.5. The Bertz CT molecular complexity index is 824. The molecule has 1 aliphatic carbocycles. The monoisotopic (exact) mass is 426 g/mol. The summed E-state index contributed by atoms with van der Waals surface area (Å²) in [5.74, 6) is 0.300. The molecule has 0 heterocycles. The summed E-state index contributed by atoms with van der Waals surface area (Å²) in [5, 5.41) is 5.89. The fraction of sp³-hybridized carbons (Fsp3) is 0.273. The summed E-state index contributed by atoms with van der Waals surface area (Å²) in [6.45, 7) is 1.47. The molecule has 0 spiro atoms. The van der Waals surface area contributed by atoms with Gasteiger partial charge < -0.3 is 10.6 Å². The summed E-state index contributed by atoms with van der Waals surface area (Å²) < 4.78 is 1.03. The van der Waals surface area contributed by atoms with Crippen molar-refractivity contribution in [3.63, 3.8) is 0 Å². The van der Waals surface area contributed by atoms with Crippen LogP contribution in [0.5, 0.6) is 0 Å². The van der Waals surface area contributed by atoms with Crippen molar-refractivity contribution in [1.82, 2.24) is 5.32 Å². The van der Waals surface area contributed by atoms with Crippen LogP contribution in [0.25, 0.3) is 6.08 Å². The van der Waals surface area contributed by atoms with Gasteiger partial charge in [0.25, 0.3) is 0 Å². The minimum atomic E-state index is -0.104. The summed E-state index contributed by atoms with van der Waals surface area (Å²) >= 11 is 3.46. The lowest BCUT2D eigenvalue weighted by atomic mass is 9.77. The summed E-state index contributed by atoms with van der Waals surface area (Å²) in [4.78, 5) is 23.5. The number of carbonyl (C=O) groups is 2. The molecule has 2 aromatic carbocycles. The summed E-state index contributed by atoms with van der Waals surface area (Å²) in [6, 6.07) is 15.6. The van der Waals surface area contributed by atoms with E-state index in [0.717, 1.165) is 34.1 Å². The van der Waals surface area contributed by atoms with Gasteiger partial charge >= 0.3 is 0 Å². The zero-order chi connectivity index (χ0) is 19.2. The SMILES string of the molecule is CC(=O)Nc1ccc(/C=C/C(=O)NC(c2ccc(Br)cc2)C2CCC2)cc1. The summed E-state index contributed by atoms with van der Waals surface area (Å²) in [6.07, 6.45) is 6.87. The Morgan fingerprint density at radius 3 is 2.30 bits per heavy atom. The van der Waals surface area contributed by atoms with E-state index in [4.69, 9.17) is 0 Å². The Labute approximate surface area is 168 Å². The molecule has 0 saturated heterocycles. The standard InChI is InChI=1S/C22H23BrN2O2/c1-15(26)24-20-12-5-16(6-13-20)7-14-21(27)25-22(17-3-2-4-17)18-8-10-19(23)11-9-18/h5-14,17,22H,2-4H2,1H3,(H,24,26)(H,25,27)/b14-7+. The van der Waals surface area contributed by atoms with Crippen molar-refractivity contribution in [3.8, 4) is 0 Å². The third-order valence-electron chi connectivity index (χ3n) is 4.81. The van der Waals surface area contributed by atoms with E-state index in [1.54, 1.807) is 12.2 Å². The second-order valence-corrected chi connectivity index (χ2v) is 7.78. The molecule has 2 N–H and O–H groups in total. The molecule has 1 atom stereocenters. The van der Waals surface area contributed by atoms with Crippen LogP contribution in [0.15, 0.2) is 59.1 Å². The van der Waals surface area contributed by atoms with Crippen LogP contribution in [0.4, 0.5) is 5.69 Å². The summed E-state index contributed by atoms with van der Waals surface area (Å²) in [5.41, 5.74) is 2.79. The van der Waals surface area contributed by atoms with Gasteiger partial charge in [0.2, 0.25) is 11.8 Å². The van der Waals surface area contributed by atoms with Gasteiger partial charge in [0.05, 0.1) is 6.04 Å². The normalized spacial score (nSPS) is 15.2. The predicted octanol–water partition coefficient (Wildman–Crippen LogP) is 5.08. The highest BCUT2D eigenvalue weighted by atomic mass is 79.9. The molecule has 0 bridgehead atoms. The van der Waals surface area contributed by atoms with Crippen molar-refractivity contribution in [2.45, 2.75) is 32.2 Å². The maximum absolute atomic E-state index is 12.5. The Kier molecular flexibility index (Phi) is 6.45. The number of halogens is 1. The van der Waals surface area contributed by atoms with E-state index >= 15 is 0 Å². The molecule has 1 unspecified atom stereocenters. The number of hydrogen-bond acceptors (Lipinski definition) is 2. The van der Waals surface area contributed by atoms with E-state index in [-0.39, 0.29) is 17.9 Å². The fourth-order valence-electron chi connectivity index (χ4n) is 3.17. The van der Waals surface area contributed by atoms with Gasteiger partial charge in [-0.3, -0.25) is 9.59 Å². The van der Waals surface area contributed by atoms with Gasteiger partial charge in [-0.05, 0) is 60.2 Å². The van der Waals surface area contributed by atoms with Gasteiger partial charge in [-0.2, -0.15) is 0 Å². The molecule has 1 aliphatic rings. The van der Waals surface area contributed by atoms with E-state index < -0.39 is 0 Å². The lowest BCUT2D eigenvalue weighted by Crippen LogP contribution is -2.35. The van der Waals surface area contributed by atoms with Crippen LogP contribution in [0, 0.1) is 5.92 Å². The number of nitrogens with one attached hydrogen (secondary N) is 2. The molecule has 0 aliphatic heterocycles. The summed E-state index contributed by atoms with van der Waals surface area (Å²) in [7, 11) is 0. The molecular weight excluding hydrogens is 404 g/mol. The van der Waals surface area contributed by atoms with Gasteiger partial charge in [-0.1, -0.05) is 46.6 Å². The van der Waals surface area contributed by atoms with Crippen LogP contribution >= 0.6 is 15.9 Å². The van der Waals surface area contributed by atoms with Crippen molar-refractivity contribution in [2.24, 2.45) is 5.92 Å². The number of benzene rings is 2. The molecule has 27 heavy (non-hydrogen) atoms. The second-order valence-electron chi connectivity index (χ2n) is 6.87. The first-order valence-corrected chi connectivity index (χ1v) is 9.92.